The molecule has 0 fully saturated rings. The molecular weight excluding hydrogens is 362 g/mol. The van der Waals surface area contributed by atoms with Crippen LogP contribution in [-0.2, 0) is 6.18 Å². The second-order valence-electron chi connectivity index (χ2n) is 6.12. The molecule has 3 aromatic rings. The molecule has 0 radical (unpaired) electrons. The Bertz CT molecular complexity index is 1020. The van der Waals surface area contributed by atoms with Crippen molar-refractivity contribution in [3.63, 3.8) is 0 Å². The van der Waals surface area contributed by atoms with Gasteiger partial charge in [-0.2, -0.15) is 18.3 Å². The van der Waals surface area contributed by atoms with Crippen molar-refractivity contribution >= 4 is 11.3 Å². The number of benzene rings is 1. The van der Waals surface area contributed by atoms with E-state index >= 15 is 0 Å². The summed E-state index contributed by atoms with van der Waals surface area (Å²) in [5.74, 6) is -0.973. The fourth-order valence-corrected chi connectivity index (χ4v) is 2.57. The van der Waals surface area contributed by atoms with Crippen molar-refractivity contribution in [1.29, 1.82) is 0 Å². The van der Waals surface area contributed by atoms with Crippen LogP contribution in [0.2, 0.25) is 0 Å². The Morgan fingerprint density at radius 3 is 2.41 bits per heavy atom. The third-order valence-corrected chi connectivity index (χ3v) is 3.85. The summed E-state index contributed by atoms with van der Waals surface area (Å²) in [6.45, 7) is 0. The van der Waals surface area contributed by atoms with E-state index in [1.54, 1.807) is 19.0 Å². The van der Waals surface area contributed by atoms with Gasteiger partial charge in [0.2, 0.25) is 0 Å². The predicted octanol–water partition coefficient (Wildman–Crippen LogP) is 4.42. The van der Waals surface area contributed by atoms with Gasteiger partial charge < -0.3 is 4.90 Å². The Morgan fingerprint density at radius 2 is 1.81 bits per heavy atom. The molecule has 0 saturated carbocycles. The van der Waals surface area contributed by atoms with Gasteiger partial charge >= 0.3 is 6.18 Å². The van der Waals surface area contributed by atoms with E-state index in [2.05, 4.69) is 5.10 Å². The number of halogens is 4. The van der Waals surface area contributed by atoms with Gasteiger partial charge in [-0.05, 0) is 36.4 Å². The van der Waals surface area contributed by atoms with Crippen LogP contribution in [0.3, 0.4) is 0 Å². The lowest BCUT2D eigenvalue weighted by molar-refractivity contribution is -0.137. The smallest absolute Gasteiger partial charge is 0.383 e. The van der Waals surface area contributed by atoms with Crippen LogP contribution < -0.4 is 0 Å². The van der Waals surface area contributed by atoms with Gasteiger partial charge in [0, 0.05) is 38.1 Å². The summed E-state index contributed by atoms with van der Waals surface area (Å²) in [7, 11) is 3.42. The van der Waals surface area contributed by atoms with Crippen LogP contribution in [-0.4, -0.2) is 34.4 Å². The number of carbonyl (C=O) groups excluding carboxylic acids is 1. The minimum Gasteiger partial charge on any atom is -0.383 e. The molecular formula is C19H15F4N3O. The summed E-state index contributed by atoms with van der Waals surface area (Å²) in [5, 5.41) is 4.24. The molecule has 8 heteroatoms. The first-order chi connectivity index (χ1) is 12.7. The summed E-state index contributed by atoms with van der Waals surface area (Å²) in [6.07, 6.45) is -0.655. The van der Waals surface area contributed by atoms with Crippen molar-refractivity contribution in [1.82, 2.24) is 14.5 Å². The molecule has 140 valence electrons. The number of ketones is 1. The van der Waals surface area contributed by atoms with Gasteiger partial charge in [-0.3, -0.25) is 4.79 Å². The highest BCUT2D eigenvalue weighted by atomic mass is 19.4. The van der Waals surface area contributed by atoms with Crippen LogP contribution in [0.4, 0.5) is 17.6 Å². The number of pyridine rings is 1. The zero-order valence-electron chi connectivity index (χ0n) is 14.5. The van der Waals surface area contributed by atoms with Crippen LogP contribution in [0.5, 0.6) is 0 Å². The van der Waals surface area contributed by atoms with E-state index in [0.29, 0.717) is 5.56 Å². The van der Waals surface area contributed by atoms with E-state index in [1.165, 1.54) is 41.1 Å². The molecule has 0 bridgehead atoms. The van der Waals surface area contributed by atoms with Crippen LogP contribution >= 0.6 is 0 Å². The highest BCUT2D eigenvalue weighted by Crippen LogP contribution is 2.33. The molecule has 0 amide bonds. The minimum atomic E-state index is -4.55. The molecule has 0 unspecified atom stereocenters. The molecule has 0 aliphatic heterocycles. The van der Waals surface area contributed by atoms with Gasteiger partial charge in [-0.15, -0.1) is 0 Å². The Morgan fingerprint density at radius 1 is 1.15 bits per heavy atom. The molecule has 0 aliphatic carbocycles. The molecule has 0 aliphatic rings. The standard InChI is InChI=1S/C19H15F4N3O/c1-25(2)9-8-16(27)17-15-11-13(19(21,22)23)7-10-26(15)24-18(17)12-3-5-14(20)6-4-12/h3-11H,1-2H3/b9-8+. The number of rotatable bonds is 4. The highest BCUT2D eigenvalue weighted by molar-refractivity contribution is 6.13. The number of nitrogens with zero attached hydrogens (tertiary/aromatic N) is 3. The average molecular weight is 377 g/mol. The maximum atomic E-state index is 13.2. The molecule has 2 heterocycles. The number of hydrogen-bond acceptors (Lipinski definition) is 3. The van der Waals surface area contributed by atoms with Crippen molar-refractivity contribution in [2.75, 3.05) is 14.1 Å². The van der Waals surface area contributed by atoms with Gasteiger partial charge in [0.1, 0.15) is 11.5 Å². The van der Waals surface area contributed by atoms with Crippen molar-refractivity contribution in [3.8, 4) is 11.3 Å². The van der Waals surface area contributed by atoms with Gasteiger partial charge in [0.25, 0.3) is 0 Å². The van der Waals surface area contributed by atoms with E-state index in [9.17, 15) is 22.4 Å². The third kappa shape index (κ3) is 3.84. The van der Waals surface area contributed by atoms with Gasteiger partial charge in [-0.1, -0.05) is 0 Å². The molecule has 2 aromatic heterocycles. The molecule has 3 rings (SSSR count). The maximum Gasteiger partial charge on any atom is 0.416 e. The van der Waals surface area contributed by atoms with E-state index in [0.717, 1.165) is 18.3 Å². The Hall–Kier alpha value is -3.16. The average Bonchev–Trinajstić information content (AvgIpc) is 2.98. The Kier molecular flexibility index (Phi) is 4.73. The van der Waals surface area contributed by atoms with Crippen LogP contribution in [0.15, 0.2) is 54.9 Å². The van der Waals surface area contributed by atoms with Crippen molar-refractivity contribution in [2.45, 2.75) is 6.18 Å². The normalized spacial score (nSPS) is 12.1. The topological polar surface area (TPSA) is 37.6 Å². The van der Waals surface area contributed by atoms with Gasteiger partial charge in [-0.25, -0.2) is 8.91 Å². The maximum absolute atomic E-state index is 13.2. The molecule has 27 heavy (non-hydrogen) atoms. The monoisotopic (exact) mass is 377 g/mol. The summed E-state index contributed by atoms with van der Waals surface area (Å²) < 4.78 is 53.7. The molecule has 0 saturated heterocycles. The lowest BCUT2D eigenvalue weighted by Crippen LogP contribution is -2.06. The molecule has 4 nitrogen and oxygen atoms in total. The largest absolute Gasteiger partial charge is 0.416 e. The van der Waals surface area contributed by atoms with E-state index in [-0.39, 0.29) is 16.8 Å². The first kappa shape index (κ1) is 18.6. The van der Waals surface area contributed by atoms with E-state index < -0.39 is 23.3 Å². The molecule has 0 N–H and O–H groups in total. The highest BCUT2D eigenvalue weighted by Gasteiger charge is 2.32. The number of aromatic nitrogens is 2. The molecule has 0 spiro atoms. The van der Waals surface area contributed by atoms with Crippen molar-refractivity contribution in [3.05, 3.63) is 71.8 Å². The zero-order valence-corrected chi connectivity index (χ0v) is 14.5. The predicted molar refractivity (Wildman–Crippen MR) is 92.7 cm³/mol. The van der Waals surface area contributed by atoms with Crippen LogP contribution in [0, 0.1) is 5.82 Å². The van der Waals surface area contributed by atoms with Crippen LogP contribution in [0.1, 0.15) is 15.9 Å². The lowest BCUT2D eigenvalue weighted by atomic mass is 10.0. The summed E-state index contributed by atoms with van der Waals surface area (Å²) in [4.78, 5) is 14.4. The summed E-state index contributed by atoms with van der Waals surface area (Å²) >= 11 is 0. The fraction of sp³-hybridized carbons (Fsp3) is 0.158. The number of allylic oxidation sites excluding steroid dienone is 1. The minimum absolute atomic E-state index is 0.0193. The van der Waals surface area contributed by atoms with Crippen molar-refractivity contribution in [2.24, 2.45) is 0 Å². The number of fused-ring (bicyclic) bond motifs is 1. The fourth-order valence-electron chi connectivity index (χ4n) is 2.57. The van der Waals surface area contributed by atoms with Crippen LogP contribution in [0.25, 0.3) is 16.8 Å². The quantitative estimate of drug-likeness (QED) is 0.384. The Labute approximate surface area is 152 Å². The summed E-state index contributed by atoms with van der Waals surface area (Å²) in [5.41, 5.74) is -0.229. The number of alkyl halides is 3. The zero-order chi connectivity index (χ0) is 19.8. The first-order valence-electron chi connectivity index (χ1n) is 7.91. The van der Waals surface area contributed by atoms with E-state index in [1.807, 2.05) is 0 Å². The van der Waals surface area contributed by atoms with E-state index in [4.69, 9.17) is 0 Å². The summed E-state index contributed by atoms with van der Waals surface area (Å²) in [6, 6.07) is 7.02. The SMILES string of the molecule is CN(C)/C=C/C(=O)c1c(-c2ccc(F)cc2)nn2ccc(C(F)(F)F)cc12. The van der Waals surface area contributed by atoms with Crippen molar-refractivity contribution < 1.29 is 22.4 Å². The molecule has 0 atom stereocenters. The second kappa shape index (κ2) is 6.86. The first-order valence-corrected chi connectivity index (χ1v) is 7.91. The van der Waals surface area contributed by atoms with Gasteiger partial charge in [0.05, 0.1) is 16.6 Å². The third-order valence-electron chi connectivity index (χ3n) is 3.85. The van der Waals surface area contributed by atoms with Gasteiger partial charge in [0.15, 0.2) is 5.78 Å². The second-order valence-corrected chi connectivity index (χ2v) is 6.12. The molecule has 1 aromatic carbocycles. The Balaban J connectivity index is 2.26. The lowest BCUT2D eigenvalue weighted by Gasteiger charge is -2.07. The number of carbonyl (C=O) groups is 1. The number of hydrogen-bond donors (Lipinski definition) is 0.